The van der Waals surface area contributed by atoms with E-state index < -0.39 is 0 Å². The zero-order chi connectivity index (χ0) is 13.0. The minimum absolute atomic E-state index is 0.177. The van der Waals surface area contributed by atoms with E-state index in [9.17, 15) is 14.4 Å². The SMILES string of the molecule is O=C(NCCN1C(=O)CSC1=O)c1cnccn1. The van der Waals surface area contributed by atoms with Crippen LogP contribution in [0.25, 0.3) is 0 Å². The molecule has 1 aliphatic heterocycles. The van der Waals surface area contributed by atoms with Gasteiger partial charge in [0.1, 0.15) is 5.69 Å². The van der Waals surface area contributed by atoms with Crippen molar-refractivity contribution in [2.24, 2.45) is 0 Å². The van der Waals surface area contributed by atoms with Gasteiger partial charge in [-0.3, -0.25) is 24.3 Å². The summed E-state index contributed by atoms with van der Waals surface area (Å²) < 4.78 is 0. The highest BCUT2D eigenvalue weighted by molar-refractivity contribution is 8.14. The number of thioether (sulfide) groups is 1. The summed E-state index contributed by atoms with van der Waals surface area (Å²) >= 11 is 0.971. The lowest BCUT2D eigenvalue weighted by atomic mass is 10.4. The van der Waals surface area contributed by atoms with Gasteiger partial charge in [-0.05, 0) is 0 Å². The Bertz CT molecular complexity index is 463. The normalized spacial score (nSPS) is 15.0. The van der Waals surface area contributed by atoms with Crippen LogP contribution in [0.2, 0.25) is 0 Å². The molecule has 1 fully saturated rings. The number of hydrogen-bond donors (Lipinski definition) is 1. The first-order valence-corrected chi connectivity index (χ1v) is 6.18. The van der Waals surface area contributed by atoms with Crippen molar-refractivity contribution >= 4 is 28.8 Å². The van der Waals surface area contributed by atoms with Crippen LogP contribution in [-0.2, 0) is 4.79 Å². The number of nitrogens with zero attached hydrogens (tertiary/aromatic N) is 3. The number of carbonyl (C=O) groups is 3. The third kappa shape index (κ3) is 2.83. The van der Waals surface area contributed by atoms with E-state index in [0.717, 1.165) is 16.7 Å². The molecule has 18 heavy (non-hydrogen) atoms. The van der Waals surface area contributed by atoms with E-state index in [1.54, 1.807) is 0 Å². The van der Waals surface area contributed by atoms with Crippen molar-refractivity contribution in [1.82, 2.24) is 20.2 Å². The van der Waals surface area contributed by atoms with Crippen molar-refractivity contribution in [3.8, 4) is 0 Å². The van der Waals surface area contributed by atoms with Gasteiger partial charge in [-0.25, -0.2) is 4.98 Å². The molecule has 1 aliphatic rings. The third-order valence-electron chi connectivity index (χ3n) is 2.26. The van der Waals surface area contributed by atoms with Gasteiger partial charge >= 0.3 is 0 Å². The fraction of sp³-hybridized carbons (Fsp3) is 0.300. The summed E-state index contributed by atoms with van der Waals surface area (Å²) in [5, 5.41) is 2.30. The van der Waals surface area contributed by atoms with Crippen molar-refractivity contribution in [3.05, 3.63) is 24.3 Å². The molecule has 0 spiro atoms. The fourth-order valence-electron chi connectivity index (χ4n) is 1.39. The first kappa shape index (κ1) is 12.5. The highest BCUT2D eigenvalue weighted by Crippen LogP contribution is 2.17. The lowest BCUT2D eigenvalue weighted by molar-refractivity contribution is -0.124. The molecule has 1 aromatic heterocycles. The van der Waals surface area contributed by atoms with Crippen LogP contribution >= 0.6 is 11.8 Å². The molecule has 3 amide bonds. The number of nitrogens with one attached hydrogen (secondary N) is 1. The van der Waals surface area contributed by atoms with Gasteiger partial charge in [-0.15, -0.1) is 0 Å². The highest BCUT2D eigenvalue weighted by Gasteiger charge is 2.29. The minimum atomic E-state index is -0.380. The van der Waals surface area contributed by atoms with E-state index in [-0.39, 0.29) is 41.6 Å². The van der Waals surface area contributed by atoms with Gasteiger partial charge in [0, 0.05) is 25.5 Å². The maximum Gasteiger partial charge on any atom is 0.288 e. The second kappa shape index (κ2) is 5.58. The molecule has 1 aromatic rings. The van der Waals surface area contributed by atoms with Gasteiger partial charge in [0.2, 0.25) is 5.91 Å². The molecule has 0 radical (unpaired) electrons. The van der Waals surface area contributed by atoms with Crippen LogP contribution in [0.1, 0.15) is 10.5 Å². The second-order valence-electron chi connectivity index (χ2n) is 3.45. The molecule has 0 saturated carbocycles. The van der Waals surface area contributed by atoms with Gasteiger partial charge in [0.05, 0.1) is 11.9 Å². The van der Waals surface area contributed by atoms with Crippen molar-refractivity contribution in [2.45, 2.75) is 0 Å². The molecular formula is C10H10N4O3S. The predicted molar refractivity (Wildman–Crippen MR) is 63.9 cm³/mol. The Kier molecular flexibility index (Phi) is 3.88. The van der Waals surface area contributed by atoms with Gasteiger partial charge < -0.3 is 5.32 Å². The summed E-state index contributed by atoms with van der Waals surface area (Å²) in [5.41, 5.74) is 0.200. The zero-order valence-corrected chi connectivity index (χ0v) is 10.1. The van der Waals surface area contributed by atoms with Gasteiger partial charge in [-0.1, -0.05) is 11.8 Å². The van der Waals surface area contributed by atoms with Crippen molar-refractivity contribution in [2.75, 3.05) is 18.8 Å². The lowest BCUT2D eigenvalue weighted by Gasteiger charge is -2.12. The highest BCUT2D eigenvalue weighted by atomic mass is 32.2. The Balaban J connectivity index is 1.81. The van der Waals surface area contributed by atoms with Crippen molar-refractivity contribution < 1.29 is 14.4 Å². The monoisotopic (exact) mass is 266 g/mol. The van der Waals surface area contributed by atoms with Crippen LogP contribution in [0.15, 0.2) is 18.6 Å². The van der Waals surface area contributed by atoms with Crippen molar-refractivity contribution in [1.29, 1.82) is 0 Å². The maximum absolute atomic E-state index is 11.6. The fourth-order valence-corrected chi connectivity index (χ4v) is 2.14. The van der Waals surface area contributed by atoms with Gasteiger partial charge in [-0.2, -0.15) is 0 Å². The summed E-state index contributed by atoms with van der Waals surface area (Å²) in [6.45, 7) is 0.379. The van der Waals surface area contributed by atoms with E-state index >= 15 is 0 Å². The summed E-state index contributed by atoms with van der Waals surface area (Å²) in [7, 11) is 0. The molecule has 0 unspecified atom stereocenters. The van der Waals surface area contributed by atoms with Crippen LogP contribution in [-0.4, -0.2) is 50.8 Å². The minimum Gasteiger partial charge on any atom is -0.349 e. The number of imide groups is 1. The van der Waals surface area contributed by atoms with E-state index in [1.807, 2.05) is 0 Å². The second-order valence-corrected chi connectivity index (χ2v) is 4.37. The number of aromatic nitrogens is 2. The number of carbonyl (C=O) groups excluding carboxylic acids is 3. The first-order valence-electron chi connectivity index (χ1n) is 5.20. The number of rotatable bonds is 4. The Morgan fingerprint density at radius 2 is 2.28 bits per heavy atom. The standard InChI is InChI=1S/C10H10N4O3S/c15-8-6-18-10(17)14(8)4-3-13-9(16)7-5-11-1-2-12-7/h1-2,5H,3-4,6H2,(H,13,16). The molecule has 0 aromatic carbocycles. The molecule has 0 bridgehead atoms. The lowest BCUT2D eigenvalue weighted by Crippen LogP contribution is -2.37. The van der Waals surface area contributed by atoms with E-state index in [1.165, 1.54) is 18.6 Å². The van der Waals surface area contributed by atoms with Crippen LogP contribution in [0.3, 0.4) is 0 Å². The Morgan fingerprint density at radius 1 is 1.44 bits per heavy atom. The van der Waals surface area contributed by atoms with Gasteiger partial charge in [0.15, 0.2) is 0 Å². The summed E-state index contributed by atoms with van der Waals surface area (Å²) in [6, 6.07) is 0. The average Bonchev–Trinajstić information content (AvgIpc) is 2.71. The molecule has 2 rings (SSSR count). The Labute approximate surface area is 107 Å². The van der Waals surface area contributed by atoms with Crippen molar-refractivity contribution in [3.63, 3.8) is 0 Å². The number of amides is 3. The molecule has 8 heteroatoms. The third-order valence-corrected chi connectivity index (χ3v) is 3.12. The topological polar surface area (TPSA) is 92.3 Å². The van der Waals surface area contributed by atoms with Crippen LogP contribution in [0, 0.1) is 0 Å². The molecule has 1 N–H and O–H groups in total. The Hall–Kier alpha value is -1.96. The molecule has 0 aliphatic carbocycles. The molecule has 94 valence electrons. The van der Waals surface area contributed by atoms with Gasteiger partial charge in [0.25, 0.3) is 11.1 Å². The maximum atomic E-state index is 11.6. The zero-order valence-electron chi connectivity index (χ0n) is 9.33. The van der Waals surface area contributed by atoms with Crippen LogP contribution < -0.4 is 5.32 Å². The van der Waals surface area contributed by atoms with Crippen LogP contribution in [0.5, 0.6) is 0 Å². The summed E-state index contributed by atoms with van der Waals surface area (Å²) in [6.07, 6.45) is 4.23. The first-order chi connectivity index (χ1) is 8.68. The largest absolute Gasteiger partial charge is 0.349 e. The average molecular weight is 266 g/mol. The molecular weight excluding hydrogens is 256 g/mol. The van der Waals surface area contributed by atoms with E-state index in [0.29, 0.717) is 0 Å². The molecule has 2 heterocycles. The van der Waals surface area contributed by atoms with E-state index in [2.05, 4.69) is 15.3 Å². The quantitative estimate of drug-likeness (QED) is 0.818. The molecule has 0 atom stereocenters. The van der Waals surface area contributed by atoms with E-state index in [4.69, 9.17) is 0 Å². The Morgan fingerprint density at radius 3 is 2.89 bits per heavy atom. The molecule has 7 nitrogen and oxygen atoms in total. The number of hydrogen-bond acceptors (Lipinski definition) is 6. The van der Waals surface area contributed by atoms with Crippen LogP contribution in [0.4, 0.5) is 4.79 Å². The predicted octanol–water partition coefficient (Wildman–Crippen LogP) is -0.0982. The smallest absolute Gasteiger partial charge is 0.288 e. The summed E-state index contributed by atoms with van der Waals surface area (Å²) in [5.74, 6) is -0.426. The molecule has 1 saturated heterocycles. The summed E-state index contributed by atoms with van der Waals surface area (Å²) in [4.78, 5) is 42.8.